The zero-order valence-electron chi connectivity index (χ0n) is 16.8. The highest BCUT2D eigenvalue weighted by Gasteiger charge is 2.26. The highest BCUT2D eigenvalue weighted by atomic mass is 15.2. The minimum atomic E-state index is 0.681. The van der Waals surface area contributed by atoms with Gasteiger partial charge < -0.3 is 8.97 Å². The molecule has 148 valence electrons. The van der Waals surface area contributed by atoms with Gasteiger partial charge in [-0.25, -0.2) is 9.97 Å². The molecule has 1 atom stereocenters. The number of hydrogen-bond acceptors (Lipinski definition) is 3. The second kappa shape index (κ2) is 6.99. The molecule has 0 spiro atoms. The second-order valence-electron chi connectivity index (χ2n) is 8.65. The van der Waals surface area contributed by atoms with Crippen molar-refractivity contribution in [2.24, 2.45) is 0 Å². The van der Waals surface area contributed by atoms with Gasteiger partial charge in [0, 0.05) is 44.1 Å². The number of hydrogen-bond donors (Lipinski definition) is 0. The van der Waals surface area contributed by atoms with Crippen molar-refractivity contribution in [2.75, 3.05) is 13.1 Å². The summed E-state index contributed by atoms with van der Waals surface area (Å²) in [6.45, 7) is 3.60. The summed E-state index contributed by atoms with van der Waals surface area (Å²) in [6.07, 6.45) is 13.3. The smallest absolute Gasteiger partial charge is 0.136 e. The second-order valence-corrected chi connectivity index (χ2v) is 8.65. The van der Waals surface area contributed by atoms with Gasteiger partial charge in [0.25, 0.3) is 0 Å². The number of aryl methyl sites for hydroxylation is 1. The van der Waals surface area contributed by atoms with E-state index < -0.39 is 0 Å². The van der Waals surface area contributed by atoms with Crippen LogP contribution in [-0.2, 0) is 19.4 Å². The van der Waals surface area contributed by atoms with Crippen LogP contribution >= 0.6 is 0 Å². The van der Waals surface area contributed by atoms with Crippen molar-refractivity contribution in [2.45, 2.75) is 51.1 Å². The number of rotatable bonds is 2. The van der Waals surface area contributed by atoms with E-state index in [2.05, 4.69) is 55.4 Å². The minimum Gasteiger partial charge on any atom is -0.328 e. The molecule has 2 aliphatic rings. The van der Waals surface area contributed by atoms with E-state index in [1.807, 2.05) is 12.4 Å². The predicted octanol–water partition coefficient (Wildman–Crippen LogP) is 4.08. The third-order valence-corrected chi connectivity index (χ3v) is 6.74. The van der Waals surface area contributed by atoms with Crippen molar-refractivity contribution in [1.82, 2.24) is 23.8 Å². The average Bonchev–Trinajstić information content (AvgIpc) is 3.31. The van der Waals surface area contributed by atoms with Gasteiger partial charge in [0.05, 0.1) is 11.0 Å². The first-order valence-electron chi connectivity index (χ1n) is 11.0. The molecule has 1 aromatic carbocycles. The highest BCUT2D eigenvalue weighted by molar-refractivity contribution is 5.77. The van der Waals surface area contributed by atoms with Crippen LogP contribution in [0.1, 0.15) is 42.6 Å². The monoisotopic (exact) mass is 385 g/mol. The SMILES string of the molecule is c1cn2cc(Cc3ccc4c(c3)nc3n4CCCN4CCCCC4C3)ccc2n1. The molecule has 4 aromatic rings. The lowest BCUT2D eigenvalue weighted by Gasteiger charge is -2.37. The van der Waals surface area contributed by atoms with Crippen LogP contribution in [0.5, 0.6) is 0 Å². The van der Waals surface area contributed by atoms with E-state index >= 15 is 0 Å². The lowest BCUT2D eigenvalue weighted by atomic mass is 9.98. The zero-order chi connectivity index (χ0) is 19.2. The molecule has 5 nitrogen and oxygen atoms in total. The molecule has 0 bridgehead atoms. The summed E-state index contributed by atoms with van der Waals surface area (Å²) in [5.41, 5.74) is 6.08. The van der Waals surface area contributed by atoms with Crippen molar-refractivity contribution in [3.05, 3.63) is 65.9 Å². The molecule has 1 saturated heterocycles. The van der Waals surface area contributed by atoms with E-state index in [1.165, 1.54) is 61.2 Å². The molecule has 29 heavy (non-hydrogen) atoms. The number of imidazole rings is 2. The fourth-order valence-electron chi connectivity index (χ4n) is 5.28. The molecular formula is C24H27N5. The quantitative estimate of drug-likeness (QED) is 0.522. The van der Waals surface area contributed by atoms with Gasteiger partial charge in [-0.1, -0.05) is 18.6 Å². The Morgan fingerprint density at radius 3 is 2.90 bits per heavy atom. The van der Waals surface area contributed by atoms with Crippen molar-refractivity contribution < 1.29 is 0 Å². The Morgan fingerprint density at radius 2 is 1.90 bits per heavy atom. The van der Waals surface area contributed by atoms with E-state index in [1.54, 1.807) is 0 Å². The lowest BCUT2D eigenvalue weighted by Crippen LogP contribution is -2.43. The Hall–Kier alpha value is -2.66. The topological polar surface area (TPSA) is 38.4 Å². The Bertz CT molecular complexity index is 1170. The van der Waals surface area contributed by atoms with Crippen LogP contribution in [0.3, 0.4) is 0 Å². The van der Waals surface area contributed by atoms with Gasteiger partial charge in [-0.05, 0) is 61.6 Å². The maximum absolute atomic E-state index is 5.11. The summed E-state index contributed by atoms with van der Waals surface area (Å²) in [5, 5.41) is 0. The van der Waals surface area contributed by atoms with E-state index in [4.69, 9.17) is 4.98 Å². The largest absolute Gasteiger partial charge is 0.328 e. The zero-order valence-corrected chi connectivity index (χ0v) is 16.8. The van der Waals surface area contributed by atoms with Crippen LogP contribution in [0, 0.1) is 0 Å². The summed E-state index contributed by atoms with van der Waals surface area (Å²) in [4.78, 5) is 12.2. The van der Waals surface area contributed by atoms with Crippen LogP contribution in [0.2, 0.25) is 0 Å². The van der Waals surface area contributed by atoms with Crippen LogP contribution in [-0.4, -0.2) is 43.0 Å². The fraction of sp³-hybridized carbons (Fsp3) is 0.417. The van der Waals surface area contributed by atoms with Crippen molar-refractivity contribution >= 4 is 16.7 Å². The first-order valence-corrected chi connectivity index (χ1v) is 11.0. The van der Waals surface area contributed by atoms with Gasteiger partial charge >= 0.3 is 0 Å². The standard InChI is InChI=1S/C24H27N5/c1-2-10-27-11-3-12-29-22-7-5-18(15-21(22)26-24(29)16-20(27)4-1)14-19-6-8-23-25-9-13-28(23)17-19/h5-9,13,15,17,20H,1-4,10-12,14,16H2. The molecule has 0 amide bonds. The van der Waals surface area contributed by atoms with Crippen LogP contribution in [0.25, 0.3) is 16.7 Å². The Morgan fingerprint density at radius 1 is 0.966 bits per heavy atom. The first-order chi connectivity index (χ1) is 14.3. The first kappa shape index (κ1) is 17.2. The number of fused-ring (bicyclic) bond motifs is 5. The third kappa shape index (κ3) is 3.14. The Balaban J connectivity index is 1.32. The molecule has 0 saturated carbocycles. The Kier molecular flexibility index (Phi) is 4.15. The number of aromatic nitrogens is 4. The average molecular weight is 386 g/mol. The fourth-order valence-corrected chi connectivity index (χ4v) is 5.28. The normalized spacial score (nSPS) is 20.3. The molecule has 5 heterocycles. The van der Waals surface area contributed by atoms with Crippen LogP contribution < -0.4 is 0 Å². The van der Waals surface area contributed by atoms with E-state index in [0.717, 1.165) is 30.6 Å². The molecule has 0 radical (unpaired) electrons. The van der Waals surface area contributed by atoms with E-state index in [9.17, 15) is 0 Å². The summed E-state index contributed by atoms with van der Waals surface area (Å²) >= 11 is 0. The van der Waals surface area contributed by atoms with Crippen LogP contribution in [0.4, 0.5) is 0 Å². The van der Waals surface area contributed by atoms with Crippen molar-refractivity contribution in [3.63, 3.8) is 0 Å². The number of piperidine rings is 1. The molecule has 6 rings (SSSR count). The van der Waals surface area contributed by atoms with Gasteiger partial charge in [0.2, 0.25) is 0 Å². The molecule has 5 heteroatoms. The van der Waals surface area contributed by atoms with E-state index in [0.29, 0.717) is 6.04 Å². The highest BCUT2D eigenvalue weighted by Crippen LogP contribution is 2.27. The summed E-state index contributed by atoms with van der Waals surface area (Å²) in [6, 6.07) is 11.8. The summed E-state index contributed by atoms with van der Waals surface area (Å²) in [5.74, 6) is 1.29. The molecule has 3 aromatic heterocycles. The maximum atomic E-state index is 5.11. The number of benzene rings is 1. The van der Waals surface area contributed by atoms with Crippen LogP contribution in [0.15, 0.2) is 48.9 Å². The molecule has 0 aliphatic carbocycles. The molecular weight excluding hydrogens is 358 g/mol. The predicted molar refractivity (Wildman–Crippen MR) is 115 cm³/mol. The molecule has 1 fully saturated rings. The number of nitrogens with zero attached hydrogens (tertiary/aromatic N) is 5. The maximum Gasteiger partial charge on any atom is 0.136 e. The van der Waals surface area contributed by atoms with Gasteiger partial charge in [0.1, 0.15) is 11.5 Å². The van der Waals surface area contributed by atoms with Gasteiger partial charge in [-0.15, -0.1) is 0 Å². The van der Waals surface area contributed by atoms with Gasteiger partial charge in [-0.2, -0.15) is 0 Å². The van der Waals surface area contributed by atoms with Gasteiger partial charge in [-0.3, -0.25) is 4.90 Å². The minimum absolute atomic E-state index is 0.681. The lowest BCUT2D eigenvalue weighted by molar-refractivity contribution is 0.135. The Labute approximate surface area is 171 Å². The third-order valence-electron chi connectivity index (χ3n) is 6.74. The van der Waals surface area contributed by atoms with Crippen molar-refractivity contribution in [3.8, 4) is 0 Å². The van der Waals surface area contributed by atoms with Crippen molar-refractivity contribution in [1.29, 1.82) is 0 Å². The number of pyridine rings is 1. The molecule has 2 aliphatic heterocycles. The van der Waals surface area contributed by atoms with E-state index in [-0.39, 0.29) is 0 Å². The molecule has 1 unspecified atom stereocenters. The summed E-state index contributed by atoms with van der Waals surface area (Å²) < 4.78 is 4.58. The molecule has 0 N–H and O–H groups in total. The van der Waals surface area contributed by atoms with Gasteiger partial charge in [0.15, 0.2) is 0 Å². The summed E-state index contributed by atoms with van der Waals surface area (Å²) in [7, 11) is 0.